The summed E-state index contributed by atoms with van der Waals surface area (Å²) in [5, 5.41) is 0. The maximum atomic E-state index is 5.89. The minimum Gasteiger partial charge on any atom is -0.359 e. The van der Waals surface area contributed by atoms with Crippen molar-refractivity contribution in [3.63, 3.8) is 0 Å². The highest BCUT2D eigenvalue weighted by Gasteiger charge is 2.06. The van der Waals surface area contributed by atoms with Crippen molar-refractivity contribution in [1.29, 1.82) is 0 Å². The molecule has 2 aromatic heterocycles. The first-order chi connectivity index (χ1) is 9.16. The molecule has 4 nitrogen and oxygen atoms in total. The molecule has 2 heterocycles. The van der Waals surface area contributed by atoms with Gasteiger partial charge in [0.15, 0.2) is 0 Å². The zero-order valence-corrected chi connectivity index (χ0v) is 11.5. The summed E-state index contributed by atoms with van der Waals surface area (Å²) in [4.78, 5) is 10.8. The van der Waals surface area contributed by atoms with Crippen LogP contribution >= 0.6 is 0 Å². The van der Waals surface area contributed by atoms with E-state index in [-0.39, 0.29) is 6.04 Å². The van der Waals surface area contributed by atoms with E-state index >= 15 is 0 Å². The third-order valence-electron chi connectivity index (χ3n) is 3.12. The minimum atomic E-state index is 0.0333. The SMILES string of the molecule is C[C@@H](N)c1ccnc(N(C)CCc2ccccn2)c1. The zero-order valence-electron chi connectivity index (χ0n) is 11.5. The standard InChI is InChI=1S/C15H20N4/c1-12(16)13-6-9-18-15(11-13)19(2)10-7-14-5-3-4-8-17-14/h3-6,8-9,11-12H,7,10,16H2,1-2H3/t12-/m1/s1. The molecule has 0 amide bonds. The van der Waals surface area contributed by atoms with Crippen molar-refractivity contribution in [3.05, 3.63) is 54.0 Å². The van der Waals surface area contributed by atoms with E-state index in [1.54, 1.807) is 0 Å². The van der Waals surface area contributed by atoms with Gasteiger partial charge < -0.3 is 10.6 Å². The fraction of sp³-hybridized carbons (Fsp3) is 0.333. The highest BCUT2D eigenvalue weighted by Crippen LogP contribution is 2.15. The van der Waals surface area contributed by atoms with Gasteiger partial charge in [-0.25, -0.2) is 4.98 Å². The molecule has 0 aliphatic rings. The normalized spacial score (nSPS) is 12.2. The molecule has 0 aromatic carbocycles. The Bertz CT molecular complexity index is 511. The number of anilines is 1. The lowest BCUT2D eigenvalue weighted by molar-refractivity contribution is 0.803. The molecule has 2 rings (SSSR count). The molecule has 0 saturated heterocycles. The number of pyridine rings is 2. The number of rotatable bonds is 5. The Morgan fingerprint density at radius 3 is 2.74 bits per heavy atom. The predicted molar refractivity (Wildman–Crippen MR) is 78.1 cm³/mol. The molecule has 0 bridgehead atoms. The van der Waals surface area contributed by atoms with E-state index < -0.39 is 0 Å². The summed E-state index contributed by atoms with van der Waals surface area (Å²) in [5.74, 6) is 0.950. The second kappa shape index (κ2) is 6.29. The van der Waals surface area contributed by atoms with Crippen molar-refractivity contribution in [2.24, 2.45) is 5.73 Å². The fourth-order valence-corrected chi connectivity index (χ4v) is 1.87. The number of hydrogen-bond donors (Lipinski definition) is 1. The first-order valence-electron chi connectivity index (χ1n) is 6.49. The Kier molecular flexibility index (Phi) is 4.47. The quantitative estimate of drug-likeness (QED) is 0.891. The monoisotopic (exact) mass is 256 g/mol. The number of hydrogen-bond acceptors (Lipinski definition) is 4. The van der Waals surface area contributed by atoms with Crippen LogP contribution in [0.4, 0.5) is 5.82 Å². The van der Waals surface area contributed by atoms with Gasteiger partial charge in [0.2, 0.25) is 0 Å². The first kappa shape index (κ1) is 13.5. The van der Waals surface area contributed by atoms with Gasteiger partial charge in [-0.05, 0) is 36.8 Å². The molecule has 0 radical (unpaired) electrons. The van der Waals surface area contributed by atoms with Crippen molar-refractivity contribution in [3.8, 4) is 0 Å². The van der Waals surface area contributed by atoms with Gasteiger partial charge in [-0.2, -0.15) is 0 Å². The lowest BCUT2D eigenvalue weighted by Gasteiger charge is -2.19. The average Bonchev–Trinajstić information content (AvgIpc) is 2.46. The number of nitrogens with two attached hydrogens (primary N) is 1. The van der Waals surface area contributed by atoms with E-state index in [1.165, 1.54) is 0 Å². The van der Waals surface area contributed by atoms with Crippen molar-refractivity contribution < 1.29 is 0 Å². The van der Waals surface area contributed by atoms with Gasteiger partial charge in [0.1, 0.15) is 5.82 Å². The molecule has 2 N–H and O–H groups in total. The van der Waals surface area contributed by atoms with E-state index in [0.29, 0.717) is 0 Å². The highest BCUT2D eigenvalue weighted by atomic mass is 15.2. The summed E-state index contributed by atoms with van der Waals surface area (Å²) in [7, 11) is 2.04. The van der Waals surface area contributed by atoms with Gasteiger partial charge in [-0.1, -0.05) is 6.07 Å². The maximum absolute atomic E-state index is 5.89. The van der Waals surface area contributed by atoms with Crippen molar-refractivity contribution in [2.45, 2.75) is 19.4 Å². The molecule has 4 heteroatoms. The zero-order chi connectivity index (χ0) is 13.7. The number of nitrogens with zero attached hydrogens (tertiary/aromatic N) is 3. The summed E-state index contributed by atoms with van der Waals surface area (Å²) in [6.45, 7) is 2.86. The van der Waals surface area contributed by atoms with E-state index in [0.717, 1.165) is 30.0 Å². The van der Waals surface area contributed by atoms with E-state index in [1.807, 2.05) is 56.7 Å². The van der Waals surface area contributed by atoms with E-state index in [9.17, 15) is 0 Å². The van der Waals surface area contributed by atoms with Gasteiger partial charge >= 0.3 is 0 Å². The molecule has 0 aliphatic heterocycles. The number of likely N-dealkylation sites (N-methyl/N-ethyl adjacent to an activating group) is 1. The summed E-state index contributed by atoms with van der Waals surface area (Å²) < 4.78 is 0. The van der Waals surface area contributed by atoms with E-state index in [4.69, 9.17) is 5.73 Å². The summed E-state index contributed by atoms with van der Waals surface area (Å²) in [5.41, 5.74) is 8.09. The highest BCUT2D eigenvalue weighted by molar-refractivity contribution is 5.41. The summed E-state index contributed by atoms with van der Waals surface area (Å²) >= 11 is 0. The Morgan fingerprint density at radius 2 is 2.05 bits per heavy atom. The van der Waals surface area contributed by atoms with Crippen LogP contribution in [0, 0.1) is 0 Å². The van der Waals surface area contributed by atoms with Crippen LogP contribution in [-0.4, -0.2) is 23.6 Å². The summed E-state index contributed by atoms with van der Waals surface area (Å²) in [6, 6.07) is 10.0. The molecule has 1 atom stereocenters. The van der Waals surface area contributed by atoms with Crippen molar-refractivity contribution in [2.75, 3.05) is 18.5 Å². The molecule has 0 saturated carbocycles. The van der Waals surface area contributed by atoms with Gasteiger partial charge in [-0.3, -0.25) is 4.98 Å². The van der Waals surface area contributed by atoms with Crippen LogP contribution in [0.1, 0.15) is 24.2 Å². The Labute approximate surface area is 114 Å². The Morgan fingerprint density at radius 1 is 1.21 bits per heavy atom. The Hall–Kier alpha value is -1.94. The molecule has 0 spiro atoms. The predicted octanol–water partition coefficient (Wildman–Crippen LogP) is 2.18. The molecule has 0 unspecified atom stereocenters. The lowest BCUT2D eigenvalue weighted by Crippen LogP contribution is -2.22. The smallest absolute Gasteiger partial charge is 0.128 e. The van der Waals surface area contributed by atoms with Gasteiger partial charge in [-0.15, -0.1) is 0 Å². The van der Waals surface area contributed by atoms with Gasteiger partial charge in [0.25, 0.3) is 0 Å². The van der Waals surface area contributed by atoms with Crippen LogP contribution in [0.3, 0.4) is 0 Å². The lowest BCUT2D eigenvalue weighted by atomic mass is 10.1. The Balaban J connectivity index is 2.00. The van der Waals surface area contributed by atoms with Crippen LogP contribution < -0.4 is 10.6 Å². The molecular weight excluding hydrogens is 236 g/mol. The maximum Gasteiger partial charge on any atom is 0.128 e. The molecule has 19 heavy (non-hydrogen) atoms. The van der Waals surface area contributed by atoms with Crippen LogP contribution in [-0.2, 0) is 6.42 Å². The fourth-order valence-electron chi connectivity index (χ4n) is 1.87. The molecular formula is C15H20N4. The molecule has 2 aromatic rings. The van der Waals surface area contributed by atoms with E-state index in [2.05, 4.69) is 14.9 Å². The molecule has 0 aliphatic carbocycles. The van der Waals surface area contributed by atoms with Crippen LogP contribution in [0.25, 0.3) is 0 Å². The first-order valence-corrected chi connectivity index (χ1v) is 6.49. The molecule has 100 valence electrons. The average molecular weight is 256 g/mol. The minimum absolute atomic E-state index is 0.0333. The van der Waals surface area contributed by atoms with Gasteiger partial charge in [0, 0.05) is 44.1 Å². The largest absolute Gasteiger partial charge is 0.359 e. The van der Waals surface area contributed by atoms with Crippen molar-refractivity contribution in [1.82, 2.24) is 9.97 Å². The third kappa shape index (κ3) is 3.76. The van der Waals surface area contributed by atoms with Crippen LogP contribution in [0.2, 0.25) is 0 Å². The second-order valence-electron chi connectivity index (χ2n) is 4.73. The van der Waals surface area contributed by atoms with Gasteiger partial charge in [0.05, 0.1) is 0 Å². The summed E-state index contributed by atoms with van der Waals surface area (Å²) in [6.07, 6.45) is 4.54. The van der Waals surface area contributed by atoms with Crippen LogP contribution in [0.5, 0.6) is 0 Å². The second-order valence-corrected chi connectivity index (χ2v) is 4.73. The van der Waals surface area contributed by atoms with Crippen molar-refractivity contribution >= 4 is 5.82 Å². The molecule has 0 fully saturated rings. The van der Waals surface area contributed by atoms with Crippen LogP contribution in [0.15, 0.2) is 42.7 Å². The topological polar surface area (TPSA) is 55.0 Å². The number of aromatic nitrogens is 2. The third-order valence-corrected chi connectivity index (χ3v) is 3.12.